The molecule has 2 aromatic carbocycles. The summed E-state index contributed by atoms with van der Waals surface area (Å²) in [6.07, 6.45) is 0. The van der Waals surface area contributed by atoms with Gasteiger partial charge in [-0.3, -0.25) is 5.32 Å². The monoisotopic (exact) mass is 296 g/mol. The number of hydrogen-bond acceptors (Lipinski definition) is 3. The average Bonchev–Trinajstić information content (AvgIpc) is 2.90. The van der Waals surface area contributed by atoms with Gasteiger partial charge < -0.3 is 15.0 Å². The normalized spacial score (nSPS) is 10.4. The fourth-order valence-electron chi connectivity index (χ4n) is 2.05. The number of carbonyl (C=O) groups excluding carboxylic acids is 1. The standard InChI is InChI=1S/C16H16N4O2/c1-2-17-16(21)20-15-18-13-9-8-12(10-14(13)19-15)22-11-6-4-3-5-7-11/h3-10H,2H2,1H3,(H3,17,18,19,20,21). The molecule has 3 rings (SSSR count). The van der Waals surface area contributed by atoms with E-state index in [-0.39, 0.29) is 6.03 Å². The van der Waals surface area contributed by atoms with Crippen molar-refractivity contribution in [2.75, 3.05) is 11.9 Å². The number of nitrogens with one attached hydrogen (secondary N) is 3. The number of amides is 2. The van der Waals surface area contributed by atoms with Crippen LogP contribution >= 0.6 is 0 Å². The number of para-hydroxylation sites is 1. The average molecular weight is 296 g/mol. The van der Waals surface area contributed by atoms with Crippen molar-refractivity contribution in [3.8, 4) is 11.5 Å². The maximum absolute atomic E-state index is 11.5. The van der Waals surface area contributed by atoms with E-state index in [0.29, 0.717) is 18.2 Å². The molecule has 3 N–H and O–H groups in total. The van der Waals surface area contributed by atoms with E-state index in [9.17, 15) is 4.79 Å². The SMILES string of the molecule is CCNC(=O)Nc1nc2ccc(Oc3ccccc3)cc2[nH]1. The van der Waals surface area contributed by atoms with E-state index in [1.165, 1.54) is 0 Å². The molecule has 1 aromatic heterocycles. The highest BCUT2D eigenvalue weighted by Crippen LogP contribution is 2.25. The summed E-state index contributed by atoms with van der Waals surface area (Å²) in [7, 11) is 0. The Bertz CT molecular complexity index is 783. The zero-order valence-corrected chi connectivity index (χ0v) is 12.1. The largest absolute Gasteiger partial charge is 0.457 e. The summed E-state index contributed by atoms with van der Waals surface area (Å²) >= 11 is 0. The lowest BCUT2D eigenvalue weighted by molar-refractivity contribution is 0.252. The molecule has 0 saturated heterocycles. The van der Waals surface area contributed by atoms with Crippen molar-refractivity contribution in [1.82, 2.24) is 15.3 Å². The van der Waals surface area contributed by atoms with E-state index in [1.807, 2.05) is 55.5 Å². The van der Waals surface area contributed by atoms with Gasteiger partial charge in [-0.25, -0.2) is 9.78 Å². The van der Waals surface area contributed by atoms with Crippen LogP contribution in [0.25, 0.3) is 11.0 Å². The van der Waals surface area contributed by atoms with Crippen molar-refractivity contribution in [1.29, 1.82) is 0 Å². The second-order valence-electron chi connectivity index (χ2n) is 4.66. The number of anilines is 1. The summed E-state index contributed by atoms with van der Waals surface area (Å²) in [4.78, 5) is 18.8. The molecule has 0 spiro atoms. The van der Waals surface area contributed by atoms with Gasteiger partial charge in [0.05, 0.1) is 11.0 Å². The van der Waals surface area contributed by atoms with E-state index >= 15 is 0 Å². The number of nitrogens with zero attached hydrogens (tertiary/aromatic N) is 1. The maximum Gasteiger partial charge on any atom is 0.321 e. The molecule has 1 heterocycles. The minimum atomic E-state index is -0.290. The Hall–Kier alpha value is -3.02. The first kappa shape index (κ1) is 13.9. The van der Waals surface area contributed by atoms with E-state index in [4.69, 9.17) is 4.74 Å². The minimum Gasteiger partial charge on any atom is -0.457 e. The Morgan fingerprint density at radius 1 is 1.18 bits per heavy atom. The van der Waals surface area contributed by atoms with Gasteiger partial charge in [-0.15, -0.1) is 0 Å². The number of fused-ring (bicyclic) bond motifs is 1. The number of ether oxygens (including phenoxy) is 1. The van der Waals surface area contributed by atoms with Crippen molar-refractivity contribution in [2.45, 2.75) is 6.92 Å². The Morgan fingerprint density at radius 3 is 2.77 bits per heavy atom. The number of imidazole rings is 1. The van der Waals surface area contributed by atoms with Crippen LogP contribution in [0.15, 0.2) is 48.5 Å². The molecule has 0 aliphatic rings. The molecule has 6 nitrogen and oxygen atoms in total. The van der Waals surface area contributed by atoms with Crippen LogP contribution < -0.4 is 15.4 Å². The number of urea groups is 1. The van der Waals surface area contributed by atoms with Gasteiger partial charge in [-0.1, -0.05) is 18.2 Å². The van der Waals surface area contributed by atoms with Crippen LogP contribution in [0.3, 0.4) is 0 Å². The Kier molecular flexibility index (Phi) is 3.91. The highest BCUT2D eigenvalue weighted by atomic mass is 16.5. The van der Waals surface area contributed by atoms with Gasteiger partial charge in [0, 0.05) is 12.6 Å². The van der Waals surface area contributed by atoms with Crippen molar-refractivity contribution in [3.05, 3.63) is 48.5 Å². The second-order valence-corrected chi connectivity index (χ2v) is 4.66. The van der Waals surface area contributed by atoms with Crippen molar-refractivity contribution in [2.24, 2.45) is 0 Å². The van der Waals surface area contributed by atoms with Crippen LogP contribution in [0.4, 0.5) is 10.7 Å². The van der Waals surface area contributed by atoms with Gasteiger partial charge >= 0.3 is 6.03 Å². The molecule has 6 heteroatoms. The highest BCUT2D eigenvalue weighted by molar-refractivity contribution is 5.90. The Balaban J connectivity index is 1.79. The summed E-state index contributed by atoms with van der Waals surface area (Å²) in [6, 6.07) is 14.8. The number of hydrogen-bond donors (Lipinski definition) is 3. The van der Waals surface area contributed by atoms with E-state index < -0.39 is 0 Å². The van der Waals surface area contributed by atoms with Gasteiger partial charge in [0.25, 0.3) is 0 Å². The summed E-state index contributed by atoms with van der Waals surface area (Å²) < 4.78 is 5.77. The molecule has 22 heavy (non-hydrogen) atoms. The Morgan fingerprint density at radius 2 is 2.00 bits per heavy atom. The molecule has 0 aliphatic heterocycles. The topological polar surface area (TPSA) is 79.0 Å². The molecule has 112 valence electrons. The number of aromatic nitrogens is 2. The first-order valence-electron chi connectivity index (χ1n) is 7.02. The molecule has 0 bridgehead atoms. The lowest BCUT2D eigenvalue weighted by atomic mass is 10.3. The number of aromatic amines is 1. The molecule has 0 radical (unpaired) electrons. The molecule has 2 amide bonds. The van der Waals surface area contributed by atoms with Gasteiger partial charge in [0.1, 0.15) is 11.5 Å². The molecule has 0 atom stereocenters. The van der Waals surface area contributed by atoms with Crippen LogP contribution in [-0.2, 0) is 0 Å². The summed E-state index contributed by atoms with van der Waals surface area (Å²) in [5.41, 5.74) is 1.55. The molecule has 0 fully saturated rings. The molecular formula is C16H16N4O2. The van der Waals surface area contributed by atoms with Gasteiger partial charge in [-0.05, 0) is 31.2 Å². The third-order valence-corrected chi connectivity index (χ3v) is 3.00. The number of rotatable bonds is 4. The van der Waals surface area contributed by atoms with Crippen LogP contribution in [0, 0.1) is 0 Å². The predicted molar refractivity (Wildman–Crippen MR) is 85.3 cm³/mol. The molecule has 0 saturated carbocycles. The number of benzene rings is 2. The third-order valence-electron chi connectivity index (χ3n) is 3.00. The van der Waals surface area contributed by atoms with Crippen molar-refractivity contribution >= 4 is 23.0 Å². The van der Waals surface area contributed by atoms with E-state index in [0.717, 1.165) is 16.8 Å². The highest BCUT2D eigenvalue weighted by Gasteiger charge is 2.07. The molecule has 0 aliphatic carbocycles. The second kappa shape index (κ2) is 6.17. The van der Waals surface area contributed by atoms with Crippen LogP contribution in [0.1, 0.15) is 6.92 Å². The third kappa shape index (κ3) is 3.17. The first-order chi connectivity index (χ1) is 10.7. The van der Waals surface area contributed by atoms with Crippen LogP contribution in [0.2, 0.25) is 0 Å². The zero-order chi connectivity index (χ0) is 15.4. The van der Waals surface area contributed by atoms with Gasteiger partial charge in [-0.2, -0.15) is 0 Å². The molecule has 3 aromatic rings. The van der Waals surface area contributed by atoms with Gasteiger partial charge in [0.2, 0.25) is 5.95 Å². The number of H-pyrrole nitrogens is 1. The van der Waals surface area contributed by atoms with Crippen molar-refractivity contribution < 1.29 is 9.53 Å². The summed E-state index contributed by atoms with van der Waals surface area (Å²) in [5.74, 6) is 1.87. The Labute approximate surface area is 127 Å². The van der Waals surface area contributed by atoms with Crippen molar-refractivity contribution in [3.63, 3.8) is 0 Å². The summed E-state index contributed by atoms with van der Waals surface area (Å²) in [6.45, 7) is 2.41. The van der Waals surface area contributed by atoms with Crippen LogP contribution in [-0.4, -0.2) is 22.5 Å². The lowest BCUT2D eigenvalue weighted by Gasteiger charge is -2.04. The van der Waals surface area contributed by atoms with Gasteiger partial charge in [0.15, 0.2) is 0 Å². The van der Waals surface area contributed by atoms with E-state index in [2.05, 4.69) is 20.6 Å². The molecule has 0 unspecified atom stereocenters. The zero-order valence-electron chi connectivity index (χ0n) is 12.1. The smallest absolute Gasteiger partial charge is 0.321 e. The summed E-state index contributed by atoms with van der Waals surface area (Å²) in [5, 5.41) is 5.29. The molecular weight excluding hydrogens is 280 g/mol. The predicted octanol–water partition coefficient (Wildman–Crippen LogP) is 3.50. The fourth-order valence-corrected chi connectivity index (χ4v) is 2.05. The van der Waals surface area contributed by atoms with Crippen LogP contribution in [0.5, 0.6) is 11.5 Å². The minimum absolute atomic E-state index is 0.290. The first-order valence-corrected chi connectivity index (χ1v) is 7.02. The fraction of sp³-hybridized carbons (Fsp3) is 0.125. The van der Waals surface area contributed by atoms with E-state index in [1.54, 1.807) is 0 Å². The lowest BCUT2D eigenvalue weighted by Crippen LogP contribution is -2.28. The number of carbonyl (C=O) groups is 1. The quantitative estimate of drug-likeness (QED) is 0.689. The maximum atomic E-state index is 11.5.